The number of nitrogens with zero attached hydrogens (tertiary/aromatic N) is 1. The Balaban J connectivity index is 2.49. The number of amides is 1. The number of carbonyl (C=O) groups is 1. The van der Waals surface area contributed by atoms with Crippen molar-refractivity contribution >= 4 is 23.2 Å². The number of ether oxygens (including phenoxy) is 1. The number of halogens is 1. The van der Waals surface area contributed by atoms with E-state index in [2.05, 4.69) is 0 Å². The summed E-state index contributed by atoms with van der Waals surface area (Å²) >= 11 is 5.95. The zero-order valence-corrected chi connectivity index (χ0v) is 8.54. The van der Waals surface area contributed by atoms with Gasteiger partial charge < -0.3 is 9.64 Å². The van der Waals surface area contributed by atoms with Gasteiger partial charge >= 0.3 is 0 Å². The van der Waals surface area contributed by atoms with E-state index in [0.29, 0.717) is 23.9 Å². The predicted molar refractivity (Wildman–Crippen MR) is 55.0 cm³/mol. The molecule has 0 bridgehead atoms. The van der Waals surface area contributed by atoms with Gasteiger partial charge in [0.2, 0.25) is 5.91 Å². The van der Waals surface area contributed by atoms with Crippen LogP contribution in [0.2, 0.25) is 5.02 Å². The lowest BCUT2D eigenvalue weighted by Crippen LogP contribution is -2.36. The molecule has 1 amide bonds. The fourth-order valence-electron chi connectivity index (χ4n) is 1.54. The number of hydrogen-bond acceptors (Lipinski definition) is 2. The molecule has 0 spiro atoms. The Morgan fingerprint density at radius 1 is 1.57 bits per heavy atom. The van der Waals surface area contributed by atoms with E-state index in [1.807, 2.05) is 12.1 Å². The van der Waals surface area contributed by atoms with E-state index in [-0.39, 0.29) is 5.91 Å². The minimum absolute atomic E-state index is 0.0109. The van der Waals surface area contributed by atoms with Gasteiger partial charge in [0, 0.05) is 6.92 Å². The second kappa shape index (κ2) is 3.50. The van der Waals surface area contributed by atoms with Crippen LogP contribution in [0.1, 0.15) is 6.92 Å². The van der Waals surface area contributed by atoms with Crippen LogP contribution < -0.4 is 9.64 Å². The highest BCUT2D eigenvalue weighted by Gasteiger charge is 2.22. The van der Waals surface area contributed by atoms with Crippen LogP contribution in [0.4, 0.5) is 5.69 Å². The first kappa shape index (κ1) is 9.34. The number of rotatable bonds is 0. The summed E-state index contributed by atoms with van der Waals surface area (Å²) in [5.74, 6) is 0.618. The maximum Gasteiger partial charge on any atom is 0.224 e. The van der Waals surface area contributed by atoms with E-state index in [1.165, 1.54) is 6.92 Å². The lowest BCUT2D eigenvalue weighted by molar-refractivity contribution is -0.116. The molecule has 74 valence electrons. The normalized spacial score (nSPS) is 14.6. The Morgan fingerprint density at radius 2 is 2.36 bits per heavy atom. The number of hydrogen-bond donors (Lipinski definition) is 0. The first-order chi connectivity index (χ1) is 6.70. The Morgan fingerprint density at radius 3 is 3.07 bits per heavy atom. The van der Waals surface area contributed by atoms with E-state index in [9.17, 15) is 4.79 Å². The van der Waals surface area contributed by atoms with Gasteiger partial charge in [-0.1, -0.05) is 17.7 Å². The third kappa shape index (κ3) is 1.44. The van der Waals surface area contributed by atoms with Gasteiger partial charge in [-0.15, -0.1) is 0 Å². The van der Waals surface area contributed by atoms with Crippen molar-refractivity contribution in [3.63, 3.8) is 0 Å². The van der Waals surface area contributed by atoms with Crippen molar-refractivity contribution in [2.24, 2.45) is 0 Å². The Bertz CT molecular complexity index is 378. The highest BCUT2D eigenvalue weighted by Crippen LogP contribution is 2.37. The molecule has 1 aliphatic rings. The third-order valence-electron chi connectivity index (χ3n) is 2.18. The summed E-state index contributed by atoms with van der Waals surface area (Å²) in [6, 6.07) is 5.40. The molecule has 0 saturated heterocycles. The zero-order valence-electron chi connectivity index (χ0n) is 7.79. The van der Waals surface area contributed by atoms with Crippen molar-refractivity contribution in [3.05, 3.63) is 23.2 Å². The van der Waals surface area contributed by atoms with Crippen LogP contribution >= 0.6 is 11.6 Å². The molecule has 0 fully saturated rings. The molecule has 4 heteroatoms. The molecule has 0 atom stereocenters. The topological polar surface area (TPSA) is 29.5 Å². The Kier molecular flexibility index (Phi) is 2.33. The van der Waals surface area contributed by atoms with Crippen LogP contribution in [0.3, 0.4) is 0 Å². The monoisotopic (exact) mass is 211 g/mol. The van der Waals surface area contributed by atoms with Crippen LogP contribution in [0.25, 0.3) is 0 Å². The molecule has 0 aromatic heterocycles. The van der Waals surface area contributed by atoms with Crippen LogP contribution in [0, 0.1) is 0 Å². The molecule has 1 aromatic rings. The van der Waals surface area contributed by atoms with Crippen LogP contribution in [0.15, 0.2) is 18.2 Å². The smallest absolute Gasteiger partial charge is 0.224 e. The number of carbonyl (C=O) groups excluding carboxylic acids is 1. The van der Waals surface area contributed by atoms with Gasteiger partial charge in [0.25, 0.3) is 0 Å². The molecule has 0 unspecified atom stereocenters. The maximum absolute atomic E-state index is 11.3. The van der Waals surface area contributed by atoms with Crippen LogP contribution in [-0.2, 0) is 4.79 Å². The van der Waals surface area contributed by atoms with Gasteiger partial charge in [-0.3, -0.25) is 4.79 Å². The minimum atomic E-state index is 0.0109. The molecule has 1 heterocycles. The van der Waals surface area contributed by atoms with Crippen molar-refractivity contribution in [2.45, 2.75) is 6.92 Å². The minimum Gasteiger partial charge on any atom is -0.488 e. The van der Waals surface area contributed by atoms with Crippen molar-refractivity contribution in [2.75, 3.05) is 18.1 Å². The van der Waals surface area contributed by atoms with Crippen molar-refractivity contribution in [1.82, 2.24) is 0 Å². The molecule has 2 rings (SSSR count). The van der Waals surface area contributed by atoms with Crippen molar-refractivity contribution in [1.29, 1.82) is 0 Å². The number of benzene rings is 1. The molecule has 0 N–H and O–H groups in total. The average molecular weight is 212 g/mol. The number of anilines is 1. The van der Waals surface area contributed by atoms with Gasteiger partial charge in [-0.05, 0) is 12.1 Å². The summed E-state index contributed by atoms with van der Waals surface area (Å²) in [4.78, 5) is 13.0. The van der Waals surface area contributed by atoms with Gasteiger partial charge in [-0.2, -0.15) is 0 Å². The summed E-state index contributed by atoms with van der Waals surface area (Å²) in [6.45, 7) is 2.62. The molecular weight excluding hydrogens is 202 g/mol. The lowest BCUT2D eigenvalue weighted by Gasteiger charge is -2.28. The highest BCUT2D eigenvalue weighted by molar-refractivity contribution is 6.32. The van der Waals surface area contributed by atoms with Crippen LogP contribution in [-0.4, -0.2) is 19.1 Å². The molecular formula is C10H10ClNO2. The van der Waals surface area contributed by atoms with Gasteiger partial charge in [0.15, 0.2) is 5.75 Å². The molecule has 14 heavy (non-hydrogen) atoms. The average Bonchev–Trinajstić information content (AvgIpc) is 2.17. The molecule has 1 aromatic carbocycles. The third-order valence-corrected chi connectivity index (χ3v) is 2.48. The van der Waals surface area contributed by atoms with E-state index in [0.717, 1.165) is 5.69 Å². The predicted octanol–water partition coefficient (Wildman–Crippen LogP) is 2.09. The molecule has 0 aliphatic carbocycles. The van der Waals surface area contributed by atoms with E-state index >= 15 is 0 Å². The second-order valence-electron chi connectivity index (χ2n) is 3.11. The Labute approximate surface area is 87.2 Å². The van der Waals surface area contributed by atoms with Gasteiger partial charge in [0.1, 0.15) is 6.61 Å². The Hall–Kier alpha value is -1.22. The van der Waals surface area contributed by atoms with E-state index < -0.39 is 0 Å². The highest BCUT2D eigenvalue weighted by atomic mass is 35.5. The van der Waals surface area contributed by atoms with Crippen molar-refractivity contribution in [3.8, 4) is 5.75 Å². The van der Waals surface area contributed by atoms with Gasteiger partial charge in [0.05, 0.1) is 17.3 Å². The molecule has 0 radical (unpaired) electrons. The first-order valence-corrected chi connectivity index (χ1v) is 4.77. The fourth-order valence-corrected chi connectivity index (χ4v) is 1.76. The number of fused-ring (bicyclic) bond motifs is 1. The SMILES string of the molecule is CC(=O)N1CCOc2c(Cl)cccc21. The molecule has 1 aliphatic heterocycles. The fraction of sp³-hybridized carbons (Fsp3) is 0.300. The van der Waals surface area contributed by atoms with E-state index in [1.54, 1.807) is 11.0 Å². The first-order valence-electron chi connectivity index (χ1n) is 4.39. The van der Waals surface area contributed by atoms with Gasteiger partial charge in [-0.25, -0.2) is 0 Å². The summed E-state index contributed by atoms with van der Waals surface area (Å²) < 4.78 is 5.41. The second-order valence-corrected chi connectivity index (χ2v) is 3.51. The molecule has 0 saturated carbocycles. The quantitative estimate of drug-likeness (QED) is 0.658. The van der Waals surface area contributed by atoms with E-state index in [4.69, 9.17) is 16.3 Å². The summed E-state index contributed by atoms with van der Waals surface area (Å²) in [5, 5.41) is 0.549. The standard InChI is InChI=1S/C10H10ClNO2/c1-7(13)12-5-6-14-10-8(11)3-2-4-9(10)12/h2-4H,5-6H2,1H3. The van der Waals surface area contributed by atoms with Crippen LogP contribution in [0.5, 0.6) is 5.75 Å². The van der Waals surface area contributed by atoms with Crippen molar-refractivity contribution < 1.29 is 9.53 Å². The maximum atomic E-state index is 11.3. The summed E-state index contributed by atoms with van der Waals surface area (Å²) in [7, 11) is 0. The summed E-state index contributed by atoms with van der Waals surface area (Å²) in [6.07, 6.45) is 0. The lowest BCUT2D eigenvalue weighted by atomic mass is 10.2. The molecule has 3 nitrogen and oxygen atoms in total. The largest absolute Gasteiger partial charge is 0.488 e. The number of para-hydroxylation sites is 1. The zero-order chi connectivity index (χ0) is 10.1. The summed E-state index contributed by atoms with van der Waals surface area (Å²) in [5.41, 5.74) is 0.760.